The molecule has 1 atom stereocenters. The van der Waals surface area contributed by atoms with Gasteiger partial charge in [-0.3, -0.25) is 9.59 Å². The maximum absolute atomic E-state index is 12.5. The predicted molar refractivity (Wildman–Crippen MR) is 107 cm³/mol. The molecule has 6 heteroatoms. The molecule has 1 amide bonds. The molecule has 1 fully saturated rings. The topological polar surface area (TPSA) is 86.7 Å². The summed E-state index contributed by atoms with van der Waals surface area (Å²) in [5.74, 6) is -0.816. The second kappa shape index (κ2) is 8.69. The standard InChI is InChI=1S/C22H24N2O4/c1-15(23-21(26)14-16-6-8-17(9-7-16)22(27)28)19-4-2-3-5-20(19)24-12-10-18(25)11-13-24/h2-9,15H,10-14H2,1H3,(H,23,26)(H,27,28). The molecule has 1 aliphatic rings. The van der Waals surface area contributed by atoms with Gasteiger partial charge in [-0.1, -0.05) is 30.3 Å². The average molecular weight is 380 g/mol. The van der Waals surface area contributed by atoms with Gasteiger partial charge in [-0.25, -0.2) is 4.79 Å². The zero-order valence-electron chi connectivity index (χ0n) is 15.9. The summed E-state index contributed by atoms with van der Waals surface area (Å²) >= 11 is 0. The SMILES string of the molecule is CC(NC(=O)Cc1ccc(C(=O)O)cc1)c1ccccc1N1CCC(=O)CC1. The summed E-state index contributed by atoms with van der Waals surface area (Å²) in [6.07, 6.45) is 1.30. The molecule has 146 valence electrons. The Labute approximate surface area is 164 Å². The van der Waals surface area contributed by atoms with Crippen LogP contribution in [0.25, 0.3) is 0 Å². The summed E-state index contributed by atoms with van der Waals surface area (Å²) in [5, 5.41) is 12.0. The fraction of sp³-hybridized carbons (Fsp3) is 0.318. The third-order valence-corrected chi connectivity index (χ3v) is 5.01. The molecule has 3 rings (SSSR count). The molecule has 2 aromatic rings. The first-order valence-electron chi connectivity index (χ1n) is 9.41. The van der Waals surface area contributed by atoms with Crippen LogP contribution in [0.3, 0.4) is 0 Å². The van der Waals surface area contributed by atoms with Gasteiger partial charge in [0, 0.05) is 31.6 Å². The molecule has 0 spiro atoms. The van der Waals surface area contributed by atoms with Crippen LogP contribution in [0.1, 0.15) is 47.3 Å². The highest BCUT2D eigenvalue weighted by molar-refractivity contribution is 5.88. The number of rotatable bonds is 6. The van der Waals surface area contributed by atoms with Crippen molar-refractivity contribution in [3.8, 4) is 0 Å². The number of anilines is 1. The van der Waals surface area contributed by atoms with E-state index in [2.05, 4.69) is 10.2 Å². The highest BCUT2D eigenvalue weighted by Crippen LogP contribution is 2.28. The molecule has 0 aliphatic carbocycles. The number of nitrogens with one attached hydrogen (secondary N) is 1. The molecule has 2 aromatic carbocycles. The van der Waals surface area contributed by atoms with Crippen molar-refractivity contribution in [1.82, 2.24) is 5.32 Å². The summed E-state index contributed by atoms with van der Waals surface area (Å²) in [6, 6.07) is 14.1. The van der Waals surface area contributed by atoms with E-state index < -0.39 is 5.97 Å². The number of hydrogen-bond acceptors (Lipinski definition) is 4. The largest absolute Gasteiger partial charge is 0.478 e. The van der Waals surface area contributed by atoms with Crippen molar-refractivity contribution in [2.75, 3.05) is 18.0 Å². The van der Waals surface area contributed by atoms with Crippen molar-refractivity contribution in [3.63, 3.8) is 0 Å². The van der Waals surface area contributed by atoms with Crippen LogP contribution in [0.5, 0.6) is 0 Å². The Morgan fingerprint density at radius 1 is 1.07 bits per heavy atom. The number of aromatic carboxylic acids is 1. The zero-order valence-corrected chi connectivity index (χ0v) is 15.9. The summed E-state index contributed by atoms with van der Waals surface area (Å²) < 4.78 is 0. The predicted octanol–water partition coefficient (Wildman–Crippen LogP) is 2.97. The zero-order chi connectivity index (χ0) is 20.1. The Hall–Kier alpha value is -3.15. The summed E-state index contributed by atoms with van der Waals surface area (Å²) in [7, 11) is 0. The second-order valence-corrected chi connectivity index (χ2v) is 7.05. The quantitative estimate of drug-likeness (QED) is 0.805. The number of benzene rings is 2. The molecule has 0 bridgehead atoms. The number of Topliss-reactive ketones (excluding diaryl/α,β-unsaturated/α-hetero) is 1. The smallest absolute Gasteiger partial charge is 0.335 e. The molecular formula is C22H24N2O4. The number of amides is 1. The van der Waals surface area contributed by atoms with Gasteiger partial charge >= 0.3 is 5.97 Å². The second-order valence-electron chi connectivity index (χ2n) is 7.05. The molecule has 2 N–H and O–H groups in total. The molecule has 0 radical (unpaired) electrons. The van der Waals surface area contributed by atoms with E-state index in [9.17, 15) is 14.4 Å². The number of carbonyl (C=O) groups is 3. The van der Waals surface area contributed by atoms with E-state index in [0.29, 0.717) is 31.7 Å². The van der Waals surface area contributed by atoms with Crippen molar-refractivity contribution in [2.24, 2.45) is 0 Å². The van der Waals surface area contributed by atoms with Gasteiger partial charge in [-0.05, 0) is 36.2 Å². The van der Waals surface area contributed by atoms with Crippen LogP contribution in [-0.4, -0.2) is 35.9 Å². The molecule has 0 aromatic heterocycles. The molecular weight excluding hydrogens is 356 g/mol. The van der Waals surface area contributed by atoms with Crippen LogP contribution in [-0.2, 0) is 16.0 Å². The Morgan fingerprint density at radius 2 is 1.71 bits per heavy atom. The number of hydrogen-bond donors (Lipinski definition) is 2. The van der Waals surface area contributed by atoms with Crippen molar-refractivity contribution < 1.29 is 19.5 Å². The molecule has 1 aliphatic heterocycles. The lowest BCUT2D eigenvalue weighted by atomic mass is 10.0. The summed E-state index contributed by atoms with van der Waals surface area (Å²) in [6.45, 7) is 3.35. The Balaban J connectivity index is 1.65. The minimum Gasteiger partial charge on any atom is -0.478 e. The molecule has 28 heavy (non-hydrogen) atoms. The fourth-order valence-corrected chi connectivity index (χ4v) is 3.46. The lowest BCUT2D eigenvalue weighted by Crippen LogP contribution is -2.35. The van der Waals surface area contributed by atoms with Crippen LogP contribution < -0.4 is 10.2 Å². The first-order valence-corrected chi connectivity index (χ1v) is 9.41. The van der Waals surface area contributed by atoms with Crippen LogP contribution in [0.15, 0.2) is 48.5 Å². The van der Waals surface area contributed by atoms with Crippen molar-refractivity contribution in [2.45, 2.75) is 32.2 Å². The van der Waals surface area contributed by atoms with Gasteiger partial charge < -0.3 is 15.3 Å². The van der Waals surface area contributed by atoms with Gasteiger partial charge in [-0.2, -0.15) is 0 Å². The molecule has 0 saturated carbocycles. The Morgan fingerprint density at radius 3 is 2.36 bits per heavy atom. The molecule has 1 heterocycles. The number of carboxylic acids is 1. The van der Waals surface area contributed by atoms with E-state index in [1.807, 2.05) is 31.2 Å². The number of nitrogens with zero attached hydrogens (tertiary/aromatic N) is 1. The third-order valence-electron chi connectivity index (χ3n) is 5.01. The third kappa shape index (κ3) is 4.76. The minimum absolute atomic E-state index is 0.126. The summed E-state index contributed by atoms with van der Waals surface area (Å²) in [5.41, 5.74) is 3.03. The van der Waals surface area contributed by atoms with E-state index >= 15 is 0 Å². The van der Waals surface area contributed by atoms with Gasteiger partial charge in [0.1, 0.15) is 5.78 Å². The van der Waals surface area contributed by atoms with Crippen molar-refractivity contribution in [3.05, 3.63) is 65.2 Å². The van der Waals surface area contributed by atoms with Gasteiger partial charge in [0.15, 0.2) is 0 Å². The lowest BCUT2D eigenvalue weighted by Gasteiger charge is -2.31. The maximum Gasteiger partial charge on any atom is 0.335 e. The van der Waals surface area contributed by atoms with Gasteiger partial charge in [-0.15, -0.1) is 0 Å². The van der Waals surface area contributed by atoms with Crippen LogP contribution in [0, 0.1) is 0 Å². The molecule has 1 unspecified atom stereocenters. The van der Waals surface area contributed by atoms with E-state index in [4.69, 9.17) is 5.11 Å². The van der Waals surface area contributed by atoms with E-state index in [1.54, 1.807) is 12.1 Å². The van der Waals surface area contributed by atoms with Gasteiger partial charge in [0.05, 0.1) is 18.0 Å². The van der Waals surface area contributed by atoms with Crippen LogP contribution in [0.4, 0.5) is 5.69 Å². The van der Waals surface area contributed by atoms with Crippen LogP contribution >= 0.6 is 0 Å². The highest BCUT2D eigenvalue weighted by atomic mass is 16.4. The van der Waals surface area contributed by atoms with Crippen LogP contribution in [0.2, 0.25) is 0 Å². The molecule has 1 saturated heterocycles. The van der Waals surface area contributed by atoms with Crippen molar-refractivity contribution >= 4 is 23.3 Å². The first-order chi connectivity index (χ1) is 13.4. The normalized spacial score (nSPS) is 15.2. The summed E-state index contributed by atoms with van der Waals surface area (Å²) in [4.78, 5) is 37.1. The molecule has 6 nitrogen and oxygen atoms in total. The first kappa shape index (κ1) is 19.6. The maximum atomic E-state index is 12.5. The number of carbonyl (C=O) groups excluding carboxylic acids is 2. The highest BCUT2D eigenvalue weighted by Gasteiger charge is 2.21. The lowest BCUT2D eigenvalue weighted by molar-refractivity contribution is -0.121. The van der Waals surface area contributed by atoms with Crippen molar-refractivity contribution in [1.29, 1.82) is 0 Å². The minimum atomic E-state index is -0.986. The average Bonchev–Trinajstić information content (AvgIpc) is 2.69. The van der Waals surface area contributed by atoms with E-state index in [-0.39, 0.29) is 23.9 Å². The van der Waals surface area contributed by atoms with E-state index in [0.717, 1.165) is 16.8 Å². The number of carboxylic acid groups (broad SMARTS) is 1. The number of ketones is 1. The Bertz CT molecular complexity index is 866. The van der Waals surface area contributed by atoms with Gasteiger partial charge in [0.2, 0.25) is 5.91 Å². The number of para-hydroxylation sites is 1. The van der Waals surface area contributed by atoms with E-state index in [1.165, 1.54) is 12.1 Å². The van der Waals surface area contributed by atoms with Gasteiger partial charge in [0.25, 0.3) is 0 Å². The number of piperidine rings is 1. The monoisotopic (exact) mass is 380 g/mol. The fourth-order valence-electron chi connectivity index (χ4n) is 3.46. The Kier molecular flexibility index (Phi) is 6.09.